The second kappa shape index (κ2) is 8.51. The monoisotopic (exact) mass is 324 g/mol. The first-order valence-corrected chi connectivity index (χ1v) is 8.20. The summed E-state index contributed by atoms with van der Waals surface area (Å²) in [5, 5.41) is 3.78. The molecule has 0 saturated heterocycles. The maximum absolute atomic E-state index is 12.1. The van der Waals surface area contributed by atoms with Crippen LogP contribution in [-0.4, -0.2) is 51.2 Å². The molecule has 0 aliphatic heterocycles. The molecule has 0 radical (unpaired) electrons. The largest absolute Gasteiger partial charge is 0.383 e. The van der Waals surface area contributed by atoms with E-state index in [-0.39, 0.29) is 11.8 Å². The number of rotatable bonds is 9. The molecule has 1 saturated carbocycles. The summed E-state index contributed by atoms with van der Waals surface area (Å²) in [6.45, 7) is 3.36. The molecule has 1 aromatic rings. The second-order valence-corrected chi connectivity index (χ2v) is 6.38. The van der Waals surface area contributed by atoms with Crippen LogP contribution in [0.5, 0.6) is 0 Å². The summed E-state index contributed by atoms with van der Waals surface area (Å²) in [4.78, 5) is 14.3. The van der Waals surface area contributed by atoms with Gasteiger partial charge in [0.1, 0.15) is 0 Å². The first kappa shape index (κ1) is 17.3. The quantitative estimate of drug-likeness (QED) is 0.710. The number of halogens is 1. The molecule has 122 valence electrons. The molecule has 1 aromatic carbocycles. The molecule has 2 rings (SSSR count). The number of carbonyl (C=O) groups is 1. The van der Waals surface area contributed by atoms with Crippen LogP contribution in [0.15, 0.2) is 24.3 Å². The van der Waals surface area contributed by atoms with Crippen molar-refractivity contribution >= 4 is 17.5 Å². The number of hydrogen-bond acceptors (Lipinski definition) is 3. The first-order valence-electron chi connectivity index (χ1n) is 7.82. The molecule has 22 heavy (non-hydrogen) atoms. The van der Waals surface area contributed by atoms with E-state index in [0.29, 0.717) is 5.92 Å². The lowest BCUT2D eigenvalue weighted by Gasteiger charge is -2.15. The summed E-state index contributed by atoms with van der Waals surface area (Å²) in [7, 11) is 3.77. The zero-order valence-electron chi connectivity index (χ0n) is 13.3. The summed E-state index contributed by atoms with van der Waals surface area (Å²) in [6, 6.07) is 7.82. The van der Waals surface area contributed by atoms with Crippen LogP contribution in [0.4, 0.5) is 0 Å². The summed E-state index contributed by atoms with van der Waals surface area (Å²) in [6.07, 6.45) is 1.89. The maximum Gasteiger partial charge on any atom is 0.223 e. The van der Waals surface area contributed by atoms with E-state index >= 15 is 0 Å². The van der Waals surface area contributed by atoms with Crippen LogP contribution in [0.1, 0.15) is 24.3 Å². The van der Waals surface area contributed by atoms with Gasteiger partial charge in [-0.3, -0.25) is 4.79 Å². The van der Waals surface area contributed by atoms with Crippen LogP contribution >= 0.6 is 11.6 Å². The molecule has 1 fully saturated rings. The molecule has 0 heterocycles. The van der Waals surface area contributed by atoms with Gasteiger partial charge in [-0.15, -0.1) is 0 Å². The van der Waals surface area contributed by atoms with Crippen molar-refractivity contribution in [2.45, 2.75) is 18.8 Å². The van der Waals surface area contributed by atoms with Gasteiger partial charge >= 0.3 is 0 Å². The molecular weight excluding hydrogens is 300 g/mol. The summed E-state index contributed by atoms with van der Waals surface area (Å²) in [5.41, 5.74) is 1.17. The molecule has 2 atom stereocenters. The Morgan fingerprint density at radius 3 is 3.00 bits per heavy atom. The number of ether oxygens (including phenoxy) is 1. The first-order chi connectivity index (χ1) is 10.6. The fourth-order valence-electron chi connectivity index (χ4n) is 2.64. The van der Waals surface area contributed by atoms with Crippen LogP contribution in [0.25, 0.3) is 0 Å². The molecule has 1 aliphatic rings. The van der Waals surface area contributed by atoms with Gasteiger partial charge in [-0.1, -0.05) is 23.7 Å². The standard InChI is InChI=1S/C17H25ClN2O2/c1-20(9-10-22-2)8-4-7-19-17(21)16-12-15(16)13-5-3-6-14(18)11-13/h3,5-6,11,15-16H,4,7-10,12H2,1-2H3,(H,19,21)/t15-,16-/m1/s1. The number of nitrogens with one attached hydrogen (secondary N) is 1. The minimum atomic E-state index is 0.115. The summed E-state index contributed by atoms with van der Waals surface area (Å²) >= 11 is 6.00. The number of hydrogen-bond donors (Lipinski definition) is 1. The third-order valence-corrected chi connectivity index (χ3v) is 4.33. The smallest absolute Gasteiger partial charge is 0.223 e. The molecule has 0 bridgehead atoms. The average Bonchev–Trinajstić information content (AvgIpc) is 3.30. The van der Waals surface area contributed by atoms with Crippen molar-refractivity contribution in [1.29, 1.82) is 0 Å². The molecule has 1 amide bonds. The van der Waals surface area contributed by atoms with Gasteiger partial charge in [0.2, 0.25) is 5.91 Å². The van der Waals surface area contributed by atoms with E-state index in [1.165, 1.54) is 5.56 Å². The van der Waals surface area contributed by atoms with E-state index in [0.717, 1.165) is 44.1 Å². The Kier molecular flexibility index (Phi) is 6.68. The molecule has 1 aliphatic carbocycles. The third-order valence-electron chi connectivity index (χ3n) is 4.10. The molecule has 5 heteroatoms. The SMILES string of the molecule is COCCN(C)CCCNC(=O)[C@@H]1C[C@@H]1c1cccc(Cl)c1. The summed E-state index contributed by atoms with van der Waals surface area (Å²) in [5.74, 6) is 0.622. The minimum Gasteiger partial charge on any atom is -0.383 e. The number of benzene rings is 1. The van der Waals surface area contributed by atoms with Crippen molar-refractivity contribution in [3.63, 3.8) is 0 Å². The Balaban J connectivity index is 1.63. The third kappa shape index (κ3) is 5.27. The predicted molar refractivity (Wildman–Crippen MR) is 89.3 cm³/mol. The number of likely N-dealkylation sites (N-methyl/N-ethyl adjacent to an activating group) is 1. The van der Waals surface area contributed by atoms with E-state index in [1.54, 1.807) is 7.11 Å². The zero-order valence-corrected chi connectivity index (χ0v) is 14.1. The highest BCUT2D eigenvalue weighted by Crippen LogP contribution is 2.47. The van der Waals surface area contributed by atoms with Gasteiger partial charge < -0.3 is 15.0 Å². The molecular formula is C17H25ClN2O2. The fraction of sp³-hybridized carbons (Fsp3) is 0.588. The number of methoxy groups -OCH3 is 1. The van der Waals surface area contributed by atoms with E-state index in [9.17, 15) is 4.79 Å². The van der Waals surface area contributed by atoms with Gasteiger partial charge in [-0.2, -0.15) is 0 Å². The lowest BCUT2D eigenvalue weighted by molar-refractivity contribution is -0.122. The lowest BCUT2D eigenvalue weighted by Crippen LogP contribution is -2.30. The second-order valence-electron chi connectivity index (χ2n) is 5.94. The highest BCUT2D eigenvalue weighted by molar-refractivity contribution is 6.30. The maximum atomic E-state index is 12.1. The van der Waals surface area contributed by atoms with Gasteiger partial charge in [-0.05, 0) is 50.0 Å². The van der Waals surface area contributed by atoms with Crippen molar-refractivity contribution in [3.8, 4) is 0 Å². The summed E-state index contributed by atoms with van der Waals surface area (Å²) < 4.78 is 5.04. The Bertz CT molecular complexity index is 495. The van der Waals surface area contributed by atoms with Crippen LogP contribution < -0.4 is 5.32 Å². The van der Waals surface area contributed by atoms with Crippen molar-refractivity contribution in [2.75, 3.05) is 40.4 Å². The number of nitrogens with zero attached hydrogens (tertiary/aromatic N) is 1. The number of amides is 1. The molecule has 0 aromatic heterocycles. The number of carbonyl (C=O) groups excluding carboxylic acids is 1. The Hall–Kier alpha value is -1.10. The molecule has 0 unspecified atom stereocenters. The van der Waals surface area contributed by atoms with Crippen molar-refractivity contribution in [1.82, 2.24) is 10.2 Å². The Morgan fingerprint density at radius 1 is 1.45 bits per heavy atom. The highest BCUT2D eigenvalue weighted by Gasteiger charge is 2.43. The fourth-order valence-corrected chi connectivity index (χ4v) is 2.84. The minimum absolute atomic E-state index is 0.115. The van der Waals surface area contributed by atoms with Crippen LogP contribution in [0.2, 0.25) is 5.02 Å². The highest BCUT2D eigenvalue weighted by atomic mass is 35.5. The zero-order chi connectivity index (χ0) is 15.9. The van der Waals surface area contributed by atoms with E-state index in [2.05, 4.69) is 23.3 Å². The molecule has 1 N–H and O–H groups in total. The topological polar surface area (TPSA) is 41.6 Å². The van der Waals surface area contributed by atoms with Crippen molar-refractivity contribution in [3.05, 3.63) is 34.9 Å². The van der Waals surface area contributed by atoms with Crippen LogP contribution in [0.3, 0.4) is 0 Å². The lowest BCUT2D eigenvalue weighted by atomic mass is 10.1. The van der Waals surface area contributed by atoms with Gasteiger partial charge in [0.25, 0.3) is 0 Å². The van der Waals surface area contributed by atoms with E-state index < -0.39 is 0 Å². The normalized spacial score (nSPS) is 20.2. The Labute approximate surface area is 137 Å². The van der Waals surface area contributed by atoms with Crippen molar-refractivity contribution < 1.29 is 9.53 Å². The molecule has 0 spiro atoms. The van der Waals surface area contributed by atoms with Crippen molar-refractivity contribution in [2.24, 2.45) is 5.92 Å². The van der Waals surface area contributed by atoms with Crippen LogP contribution in [0, 0.1) is 5.92 Å². The molecule has 4 nitrogen and oxygen atoms in total. The van der Waals surface area contributed by atoms with Crippen LogP contribution in [-0.2, 0) is 9.53 Å². The average molecular weight is 325 g/mol. The predicted octanol–water partition coefficient (Wildman–Crippen LogP) is 2.53. The van der Waals surface area contributed by atoms with Gasteiger partial charge in [0.15, 0.2) is 0 Å². The van der Waals surface area contributed by atoms with Gasteiger partial charge in [0, 0.05) is 31.1 Å². The van der Waals surface area contributed by atoms with E-state index in [1.807, 2.05) is 18.2 Å². The van der Waals surface area contributed by atoms with E-state index in [4.69, 9.17) is 16.3 Å². The Morgan fingerprint density at radius 2 is 2.27 bits per heavy atom. The van der Waals surface area contributed by atoms with Gasteiger partial charge in [-0.25, -0.2) is 0 Å². The van der Waals surface area contributed by atoms with Gasteiger partial charge in [0.05, 0.1) is 6.61 Å².